The van der Waals surface area contributed by atoms with E-state index < -0.39 is 18.0 Å². The molecule has 0 saturated carbocycles. The van der Waals surface area contributed by atoms with E-state index in [0.717, 1.165) is 23.1 Å². The first kappa shape index (κ1) is 21.7. The van der Waals surface area contributed by atoms with Crippen LogP contribution < -0.4 is 14.8 Å². The zero-order chi connectivity index (χ0) is 22.7. The number of benzene rings is 2. The summed E-state index contributed by atoms with van der Waals surface area (Å²) in [5.74, 6) is -0.173. The van der Waals surface area contributed by atoms with Crippen LogP contribution in [0.1, 0.15) is 12.6 Å². The fraction of sp³-hybridized carbons (Fsp3) is 0.182. The molecule has 6 nitrogen and oxygen atoms in total. The molecular formula is C22H18F3N3O3S. The number of nitrogens with zero attached hydrogens (tertiary/aromatic N) is 2. The van der Waals surface area contributed by atoms with Crippen LogP contribution in [-0.4, -0.2) is 28.3 Å². The topological polar surface area (TPSA) is 64.9 Å². The van der Waals surface area contributed by atoms with Crippen molar-refractivity contribution in [3.63, 3.8) is 0 Å². The zero-order valence-corrected chi connectivity index (χ0v) is 17.7. The maximum absolute atomic E-state index is 12.6. The summed E-state index contributed by atoms with van der Waals surface area (Å²) >= 11 is 1.37. The lowest BCUT2D eigenvalue weighted by Crippen LogP contribution is -2.20. The van der Waals surface area contributed by atoms with Crippen molar-refractivity contribution in [3.8, 4) is 22.8 Å². The minimum absolute atomic E-state index is 0.0422. The van der Waals surface area contributed by atoms with Gasteiger partial charge in [0.15, 0.2) is 10.7 Å². The molecule has 2 aromatic carbocycles. The summed E-state index contributed by atoms with van der Waals surface area (Å²) in [5.41, 5.74) is 2.26. The van der Waals surface area contributed by atoms with Crippen molar-refractivity contribution in [2.24, 2.45) is 0 Å². The number of ether oxygens (including phenoxy) is 2. The quantitative estimate of drug-likeness (QED) is 0.392. The predicted molar refractivity (Wildman–Crippen MR) is 115 cm³/mol. The van der Waals surface area contributed by atoms with Gasteiger partial charge in [-0.15, -0.1) is 24.5 Å². The number of aromatic nitrogens is 2. The summed E-state index contributed by atoms with van der Waals surface area (Å²) in [5, 5.41) is 4.28. The van der Waals surface area contributed by atoms with Crippen LogP contribution in [0.25, 0.3) is 16.2 Å². The van der Waals surface area contributed by atoms with Gasteiger partial charge >= 0.3 is 6.36 Å². The Morgan fingerprint density at radius 3 is 2.62 bits per heavy atom. The third kappa shape index (κ3) is 5.02. The largest absolute Gasteiger partial charge is 0.573 e. The van der Waals surface area contributed by atoms with E-state index in [1.165, 1.54) is 29.5 Å². The van der Waals surface area contributed by atoms with Crippen LogP contribution in [-0.2, 0) is 11.2 Å². The van der Waals surface area contributed by atoms with Crippen molar-refractivity contribution in [2.45, 2.75) is 19.7 Å². The average molecular weight is 461 g/mol. The number of alkyl halides is 3. The Balaban J connectivity index is 1.50. The van der Waals surface area contributed by atoms with Crippen molar-refractivity contribution in [1.82, 2.24) is 9.38 Å². The number of hydrogen-bond acceptors (Lipinski definition) is 5. The van der Waals surface area contributed by atoms with Crippen molar-refractivity contribution >= 4 is 27.9 Å². The SMILES string of the molecule is CCOc1ccc(-c2cn3c(CC(=O)Nc4ccccc4OC(F)(F)F)csc3n2)cc1. The minimum Gasteiger partial charge on any atom is -0.494 e. The number of fused-ring (bicyclic) bond motifs is 1. The number of carbonyl (C=O) groups excluding carboxylic acids is 1. The smallest absolute Gasteiger partial charge is 0.494 e. The molecule has 0 spiro atoms. The lowest BCUT2D eigenvalue weighted by Gasteiger charge is -2.13. The van der Waals surface area contributed by atoms with E-state index in [9.17, 15) is 18.0 Å². The zero-order valence-electron chi connectivity index (χ0n) is 16.8. The van der Waals surface area contributed by atoms with Gasteiger partial charge in [0, 0.05) is 22.8 Å². The summed E-state index contributed by atoms with van der Waals surface area (Å²) in [4.78, 5) is 17.8. The molecule has 0 aliphatic heterocycles. The number of carbonyl (C=O) groups is 1. The van der Waals surface area contributed by atoms with Gasteiger partial charge in [-0.05, 0) is 43.3 Å². The number of nitrogens with one attached hydrogen (secondary N) is 1. The molecule has 4 rings (SSSR count). The summed E-state index contributed by atoms with van der Waals surface area (Å²) in [7, 11) is 0. The van der Waals surface area contributed by atoms with E-state index in [0.29, 0.717) is 17.3 Å². The number of hydrogen-bond donors (Lipinski definition) is 1. The first-order valence-corrected chi connectivity index (χ1v) is 10.5. The molecule has 2 aromatic heterocycles. The molecule has 0 bridgehead atoms. The van der Waals surface area contributed by atoms with Gasteiger partial charge in [-0.25, -0.2) is 4.98 Å². The van der Waals surface area contributed by atoms with Crippen molar-refractivity contribution in [3.05, 3.63) is 65.8 Å². The third-order valence-electron chi connectivity index (χ3n) is 4.47. The molecular weight excluding hydrogens is 443 g/mol. The van der Waals surface area contributed by atoms with E-state index in [-0.39, 0.29) is 12.1 Å². The predicted octanol–water partition coefficient (Wildman–Crippen LogP) is 5.54. The van der Waals surface area contributed by atoms with Crippen LogP contribution in [0.5, 0.6) is 11.5 Å². The number of halogens is 3. The molecule has 10 heteroatoms. The molecule has 4 aromatic rings. The highest BCUT2D eigenvalue weighted by Gasteiger charge is 2.32. The third-order valence-corrected chi connectivity index (χ3v) is 5.36. The van der Waals surface area contributed by atoms with Crippen molar-refractivity contribution in [2.75, 3.05) is 11.9 Å². The van der Waals surface area contributed by atoms with Crippen LogP contribution in [0.4, 0.5) is 18.9 Å². The van der Waals surface area contributed by atoms with E-state index in [2.05, 4.69) is 15.0 Å². The molecule has 0 aliphatic carbocycles. The Hall–Kier alpha value is -3.53. The highest BCUT2D eigenvalue weighted by molar-refractivity contribution is 7.15. The van der Waals surface area contributed by atoms with Gasteiger partial charge in [0.05, 0.1) is 24.4 Å². The number of rotatable bonds is 7. The number of para-hydroxylation sites is 2. The lowest BCUT2D eigenvalue weighted by molar-refractivity contribution is -0.274. The first-order chi connectivity index (χ1) is 15.3. The number of thiazole rings is 1. The number of imidazole rings is 1. The normalized spacial score (nSPS) is 11.5. The van der Waals surface area contributed by atoms with Gasteiger partial charge in [0.25, 0.3) is 0 Å². The van der Waals surface area contributed by atoms with Crippen LogP contribution >= 0.6 is 11.3 Å². The van der Waals surface area contributed by atoms with Crippen LogP contribution in [0, 0.1) is 0 Å². The minimum atomic E-state index is -4.85. The molecule has 0 atom stereocenters. The van der Waals surface area contributed by atoms with Gasteiger partial charge in [-0.1, -0.05) is 12.1 Å². The van der Waals surface area contributed by atoms with E-state index >= 15 is 0 Å². The summed E-state index contributed by atoms with van der Waals surface area (Å²) in [6.07, 6.45) is -3.07. The second-order valence-electron chi connectivity index (χ2n) is 6.73. The van der Waals surface area contributed by atoms with Crippen LogP contribution in [0.15, 0.2) is 60.1 Å². The second-order valence-corrected chi connectivity index (χ2v) is 7.57. The fourth-order valence-electron chi connectivity index (χ4n) is 3.13. The molecule has 166 valence electrons. The molecule has 32 heavy (non-hydrogen) atoms. The van der Waals surface area contributed by atoms with Gasteiger partial charge in [0.1, 0.15) is 5.75 Å². The van der Waals surface area contributed by atoms with Gasteiger partial charge in [-0.2, -0.15) is 0 Å². The molecule has 2 heterocycles. The fourth-order valence-corrected chi connectivity index (χ4v) is 4.00. The maximum Gasteiger partial charge on any atom is 0.573 e. The molecule has 0 aliphatic rings. The van der Waals surface area contributed by atoms with Gasteiger partial charge in [0.2, 0.25) is 5.91 Å². The highest BCUT2D eigenvalue weighted by atomic mass is 32.1. The van der Waals surface area contributed by atoms with Crippen LogP contribution in [0.2, 0.25) is 0 Å². The Labute approximate surface area is 185 Å². The van der Waals surface area contributed by atoms with Gasteiger partial charge < -0.3 is 14.8 Å². The number of anilines is 1. The molecule has 1 amide bonds. The Morgan fingerprint density at radius 1 is 1.16 bits per heavy atom. The molecule has 0 unspecified atom stereocenters. The second kappa shape index (κ2) is 8.91. The van der Waals surface area contributed by atoms with Crippen LogP contribution in [0.3, 0.4) is 0 Å². The van der Waals surface area contributed by atoms with Crippen molar-refractivity contribution in [1.29, 1.82) is 0 Å². The Morgan fingerprint density at radius 2 is 1.91 bits per heavy atom. The standard InChI is InChI=1S/C22H18F3N3O3S/c1-2-30-16-9-7-14(8-10-16)18-12-28-15(13-32-21(28)27-18)11-20(29)26-17-5-3-4-6-19(17)31-22(23,24)25/h3-10,12-13H,2,11H2,1H3,(H,26,29). The van der Waals surface area contributed by atoms with Crippen molar-refractivity contribution < 1.29 is 27.4 Å². The summed E-state index contributed by atoms with van der Waals surface area (Å²) in [6, 6.07) is 12.9. The highest BCUT2D eigenvalue weighted by Crippen LogP contribution is 2.30. The summed E-state index contributed by atoms with van der Waals surface area (Å²) in [6.45, 7) is 2.49. The molecule has 1 N–H and O–H groups in total. The Bertz CT molecular complexity index is 1230. The summed E-state index contributed by atoms with van der Waals surface area (Å²) < 4.78 is 49.0. The average Bonchev–Trinajstić information content (AvgIpc) is 3.31. The molecule has 0 fully saturated rings. The molecule has 0 radical (unpaired) electrons. The number of amides is 1. The molecule has 0 saturated heterocycles. The maximum atomic E-state index is 12.6. The van der Waals surface area contributed by atoms with E-state index in [1.54, 1.807) is 9.78 Å². The van der Waals surface area contributed by atoms with E-state index in [1.807, 2.05) is 37.4 Å². The first-order valence-electron chi connectivity index (χ1n) is 9.65. The van der Waals surface area contributed by atoms with E-state index in [4.69, 9.17) is 4.74 Å². The Kier molecular flexibility index (Phi) is 6.04. The lowest BCUT2D eigenvalue weighted by atomic mass is 10.1. The van der Waals surface area contributed by atoms with Gasteiger partial charge in [-0.3, -0.25) is 9.20 Å². The monoisotopic (exact) mass is 461 g/mol.